The third kappa shape index (κ3) is 2.83. The number of rotatable bonds is 2. The maximum Gasteiger partial charge on any atom is 0.257 e. The van der Waals surface area contributed by atoms with Gasteiger partial charge in [0.2, 0.25) is 0 Å². The molecule has 4 nitrogen and oxygen atoms in total. The predicted octanol–water partition coefficient (Wildman–Crippen LogP) is 2.75. The van der Waals surface area contributed by atoms with E-state index in [1.54, 1.807) is 24.1 Å². The van der Waals surface area contributed by atoms with Crippen molar-refractivity contribution in [2.75, 3.05) is 7.05 Å². The second kappa shape index (κ2) is 5.51. The summed E-state index contributed by atoms with van der Waals surface area (Å²) in [6, 6.07) is 4.71. The van der Waals surface area contributed by atoms with E-state index in [9.17, 15) is 15.0 Å². The van der Waals surface area contributed by atoms with Crippen molar-refractivity contribution in [1.82, 2.24) is 4.90 Å². The van der Waals surface area contributed by atoms with E-state index in [1.807, 2.05) is 0 Å². The standard InChI is InChI=1S/C15H21NO3/c1-10-6-8-11(9-7-10)16(2)15(19)12-4-3-5-13(17)14(12)18/h3-5,10-11,17-18H,6-9H2,1-2H3. The molecule has 19 heavy (non-hydrogen) atoms. The summed E-state index contributed by atoms with van der Waals surface area (Å²) >= 11 is 0. The van der Waals surface area contributed by atoms with Gasteiger partial charge in [0, 0.05) is 13.1 Å². The Bertz CT molecular complexity index is 464. The van der Waals surface area contributed by atoms with Crippen molar-refractivity contribution in [2.45, 2.75) is 38.6 Å². The topological polar surface area (TPSA) is 60.8 Å². The van der Waals surface area contributed by atoms with Crippen molar-refractivity contribution in [3.63, 3.8) is 0 Å². The van der Waals surface area contributed by atoms with Gasteiger partial charge in [-0.2, -0.15) is 0 Å². The van der Waals surface area contributed by atoms with Crippen LogP contribution in [0.3, 0.4) is 0 Å². The Morgan fingerprint density at radius 3 is 2.47 bits per heavy atom. The van der Waals surface area contributed by atoms with Gasteiger partial charge in [0.25, 0.3) is 5.91 Å². The molecule has 1 aromatic carbocycles. The van der Waals surface area contributed by atoms with E-state index >= 15 is 0 Å². The fourth-order valence-corrected chi connectivity index (χ4v) is 2.69. The van der Waals surface area contributed by atoms with E-state index < -0.39 is 0 Å². The minimum Gasteiger partial charge on any atom is -0.504 e. The highest BCUT2D eigenvalue weighted by molar-refractivity contribution is 5.97. The van der Waals surface area contributed by atoms with Crippen molar-refractivity contribution in [3.8, 4) is 11.5 Å². The fourth-order valence-electron chi connectivity index (χ4n) is 2.69. The summed E-state index contributed by atoms with van der Waals surface area (Å²) in [6.07, 6.45) is 4.27. The second-order valence-corrected chi connectivity index (χ2v) is 5.50. The van der Waals surface area contributed by atoms with Crippen LogP contribution in [0, 0.1) is 5.92 Å². The molecule has 4 heteroatoms. The number of carbonyl (C=O) groups is 1. The van der Waals surface area contributed by atoms with Crippen LogP contribution in [0.1, 0.15) is 43.0 Å². The molecule has 1 amide bonds. The van der Waals surface area contributed by atoms with Crippen LogP contribution in [0.2, 0.25) is 0 Å². The molecule has 1 fully saturated rings. The average Bonchev–Trinajstić information content (AvgIpc) is 2.41. The number of phenolic OH excluding ortho intramolecular Hbond substituents is 2. The molecular weight excluding hydrogens is 242 g/mol. The average molecular weight is 263 g/mol. The number of aromatic hydroxyl groups is 2. The molecule has 0 spiro atoms. The molecule has 2 N–H and O–H groups in total. The van der Waals surface area contributed by atoms with Gasteiger partial charge < -0.3 is 15.1 Å². The highest BCUT2D eigenvalue weighted by Gasteiger charge is 2.27. The summed E-state index contributed by atoms with van der Waals surface area (Å²) < 4.78 is 0. The summed E-state index contributed by atoms with van der Waals surface area (Å²) in [5.74, 6) is -0.0816. The van der Waals surface area contributed by atoms with Crippen LogP contribution in [0.5, 0.6) is 11.5 Å². The SMILES string of the molecule is CC1CCC(N(C)C(=O)c2cccc(O)c2O)CC1. The molecule has 0 radical (unpaired) electrons. The number of benzene rings is 1. The van der Waals surface area contributed by atoms with Crippen LogP contribution in [-0.4, -0.2) is 34.1 Å². The zero-order valence-corrected chi connectivity index (χ0v) is 11.5. The summed E-state index contributed by atoms with van der Waals surface area (Å²) in [5.41, 5.74) is 0.168. The Kier molecular flexibility index (Phi) is 3.98. The van der Waals surface area contributed by atoms with Crippen LogP contribution in [-0.2, 0) is 0 Å². The van der Waals surface area contributed by atoms with Gasteiger partial charge in [-0.25, -0.2) is 0 Å². The van der Waals surface area contributed by atoms with Crippen LogP contribution in [0.4, 0.5) is 0 Å². The largest absolute Gasteiger partial charge is 0.504 e. The van der Waals surface area contributed by atoms with Crippen LogP contribution >= 0.6 is 0 Å². The normalized spacial score (nSPS) is 23.1. The summed E-state index contributed by atoms with van der Waals surface area (Å²) in [6.45, 7) is 2.24. The lowest BCUT2D eigenvalue weighted by Crippen LogP contribution is -2.39. The number of nitrogens with zero attached hydrogens (tertiary/aromatic N) is 1. The predicted molar refractivity (Wildman–Crippen MR) is 73.3 cm³/mol. The fraction of sp³-hybridized carbons (Fsp3) is 0.533. The number of para-hydroxylation sites is 1. The highest BCUT2D eigenvalue weighted by atomic mass is 16.3. The van der Waals surface area contributed by atoms with Gasteiger partial charge in [-0.05, 0) is 43.7 Å². The number of amides is 1. The molecule has 1 aliphatic rings. The second-order valence-electron chi connectivity index (χ2n) is 5.50. The van der Waals surface area contributed by atoms with Crippen molar-refractivity contribution in [1.29, 1.82) is 0 Å². The quantitative estimate of drug-likeness (QED) is 0.806. The highest BCUT2D eigenvalue weighted by Crippen LogP contribution is 2.31. The Hall–Kier alpha value is -1.71. The molecule has 0 aromatic heterocycles. The number of hydrogen-bond donors (Lipinski definition) is 2. The van der Waals surface area contributed by atoms with E-state index in [0.29, 0.717) is 0 Å². The summed E-state index contributed by atoms with van der Waals surface area (Å²) in [7, 11) is 1.77. The molecule has 1 saturated carbocycles. The molecule has 0 bridgehead atoms. The maximum atomic E-state index is 12.4. The first-order valence-corrected chi connectivity index (χ1v) is 6.78. The first kappa shape index (κ1) is 13.7. The Labute approximate surface area is 113 Å². The van der Waals surface area contributed by atoms with E-state index in [2.05, 4.69) is 6.92 Å². The van der Waals surface area contributed by atoms with Gasteiger partial charge in [0.1, 0.15) is 0 Å². The molecule has 1 aliphatic carbocycles. The van der Waals surface area contributed by atoms with Crippen LogP contribution in [0.25, 0.3) is 0 Å². The maximum absolute atomic E-state index is 12.4. The molecule has 0 heterocycles. The van der Waals surface area contributed by atoms with E-state index in [4.69, 9.17) is 0 Å². The van der Waals surface area contributed by atoms with Crippen LogP contribution in [0.15, 0.2) is 18.2 Å². The first-order chi connectivity index (χ1) is 9.00. The van der Waals surface area contributed by atoms with E-state index in [-0.39, 0.29) is 29.0 Å². The zero-order chi connectivity index (χ0) is 14.0. The third-order valence-corrected chi connectivity index (χ3v) is 4.10. The minimum atomic E-state index is -0.330. The minimum absolute atomic E-state index is 0.168. The van der Waals surface area contributed by atoms with Crippen molar-refractivity contribution >= 4 is 5.91 Å². The van der Waals surface area contributed by atoms with Gasteiger partial charge >= 0.3 is 0 Å². The smallest absolute Gasteiger partial charge is 0.257 e. The van der Waals surface area contributed by atoms with E-state index in [0.717, 1.165) is 31.6 Å². The molecule has 0 unspecified atom stereocenters. The van der Waals surface area contributed by atoms with Crippen LogP contribution < -0.4 is 0 Å². The third-order valence-electron chi connectivity index (χ3n) is 4.10. The number of hydrogen-bond acceptors (Lipinski definition) is 3. The molecule has 1 aromatic rings. The summed E-state index contributed by atoms with van der Waals surface area (Å²) in [5, 5.41) is 19.2. The van der Waals surface area contributed by atoms with Gasteiger partial charge in [0.05, 0.1) is 5.56 Å². The number of carbonyl (C=O) groups excluding carboxylic acids is 1. The van der Waals surface area contributed by atoms with Crippen molar-refractivity contribution in [3.05, 3.63) is 23.8 Å². The van der Waals surface area contributed by atoms with Crippen molar-refractivity contribution < 1.29 is 15.0 Å². The van der Waals surface area contributed by atoms with Crippen molar-refractivity contribution in [2.24, 2.45) is 5.92 Å². The molecule has 2 rings (SSSR count). The molecule has 104 valence electrons. The van der Waals surface area contributed by atoms with Gasteiger partial charge in [0.15, 0.2) is 11.5 Å². The Morgan fingerprint density at radius 1 is 1.21 bits per heavy atom. The molecule has 0 aliphatic heterocycles. The van der Waals surface area contributed by atoms with Gasteiger partial charge in [-0.15, -0.1) is 0 Å². The summed E-state index contributed by atoms with van der Waals surface area (Å²) in [4.78, 5) is 14.0. The first-order valence-electron chi connectivity index (χ1n) is 6.78. The van der Waals surface area contributed by atoms with Gasteiger partial charge in [-0.3, -0.25) is 4.79 Å². The van der Waals surface area contributed by atoms with E-state index in [1.165, 1.54) is 6.07 Å². The monoisotopic (exact) mass is 263 g/mol. The lowest BCUT2D eigenvalue weighted by atomic mass is 9.86. The zero-order valence-electron chi connectivity index (χ0n) is 11.5. The molecular formula is C15H21NO3. The van der Waals surface area contributed by atoms with Gasteiger partial charge in [-0.1, -0.05) is 13.0 Å². The lowest BCUT2D eigenvalue weighted by molar-refractivity contribution is 0.0676. The Morgan fingerprint density at radius 2 is 1.84 bits per heavy atom. The Balaban J connectivity index is 2.13. The lowest BCUT2D eigenvalue weighted by Gasteiger charge is -2.33. The number of phenols is 2. The molecule has 0 saturated heterocycles. The molecule has 0 atom stereocenters.